The average molecular weight is 536 g/mol. The molecule has 0 bridgehead atoms. The van der Waals surface area contributed by atoms with Crippen LogP contribution in [0.25, 0.3) is 10.2 Å². The maximum atomic E-state index is 13.3. The minimum atomic E-state index is -4.81. The van der Waals surface area contributed by atoms with Crippen LogP contribution >= 0.6 is 22.9 Å². The highest BCUT2D eigenvalue weighted by atomic mass is 35.5. The summed E-state index contributed by atoms with van der Waals surface area (Å²) in [4.78, 5) is 25.0. The van der Waals surface area contributed by atoms with Gasteiger partial charge >= 0.3 is 11.0 Å². The van der Waals surface area contributed by atoms with Gasteiger partial charge in [0.15, 0.2) is 0 Å². The molecule has 0 radical (unpaired) electrons. The van der Waals surface area contributed by atoms with Crippen molar-refractivity contribution in [3.8, 4) is 0 Å². The summed E-state index contributed by atoms with van der Waals surface area (Å²) in [7, 11) is -4.16. The van der Waals surface area contributed by atoms with Crippen LogP contribution in [0.4, 0.5) is 24.5 Å². The number of carbonyl (C=O) groups excluding carboxylic acids is 1. The Hall–Kier alpha value is -2.57. The first-order valence-electron chi connectivity index (χ1n) is 9.93. The van der Waals surface area contributed by atoms with E-state index in [1.807, 2.05) is 13.8 Å². The van der Waals surface area contributed by atoms with Crippen LogP contribution < -0.4 is 14.5 Å². The van der Waals surface area contributed by atoms with Crippen molar-refractivity contribution >= 4 is 60.5 Å². The van der Waals surface area contributed by atoms with E-state index in [-0.39, 0.29) is 16.6 Å². The second-order valence-corrected chi connectivity index (χ2v) is 11.2. The molecule has 3 rings (SSSR count). The van der Waals surface area contributed by atoms with Crippen molar-refractivity contribution in [2.45, 2.75) is 39.0 Å². The van der Waals surface area contributed by atoms with E-state index in [4.69, 9.17) is 11.6 Å². The molecule has 0 aliphatic rings. The van der Waals surface area contributed by atoms with Crippen molar-refractivity contribution in [3.05, 3.63) is 56.7 Å². The Kier molecular flexibility index (Phi) is 7.07. The number of amides is 1. The Labute approximate surface area is 202 Å². The summed E-state index contributed by atoms with van der Waals surface area (Å²) in [6.07, 6.45) is -4.03. The summed E-state index contributed by atoms with van der Waals surface area (Å²) in [5.74, 6) is -0.774. The highest BCUT2D eigenvalue weighted by Gasteiger charge is 2.36. The third-order valence-corrected chi connectivity index (χ3v) is 7.49. The van der Waals surface area contributed by atoms with Gasteiger partial charge in [0, 0.05) is 11.7 Å². The molecule has 7 nitrogen and oxygen atoms in total. The van der Waals surface area contributed by atoms with Gasteiger partial charge in [0.25, 0.3) is 0 Å². The van der Waals surface area contributed by atoms with Gasteiger partial charge in [0.05, 0.1) is 32.7 Å². The number of nitrogens with one attached hydrogen (secondary N) is 1. The highest BCUT2D eigenvalue weighted by molar-refractivity contribution is 7.92. The Morgan fingerprint density at radius 2 is 1.79 bits per heavy atom. The zero-order chi connectivity index (χ0) is 25.6. The fourth-order valence-corrected chi connectivity index (χ4v) is 5.97. The molecule has 1 amide bonds. The summed E-state index contributed by atoms with van der Waals surface area (Å²) in [6, 6.07) is 5.96. The van der Waals surface area contributed by atoms with Crippen LogP contribution in [0.1, 0.15) is 32.4 Å². The largest absolute Gasteiger partial charge is 0.417 e. The Morgan fingerprint density at radius 3 is 2.35 bits per heavy atom. The number of carbonyl (C=O) groups is 1. The van der Waals surface area contributed by atoms with E-state index >= 15 is 0 Å². The molecule has 13 heteroatoms. The molecule has 184 valence electrons. The van der Waals surface area contributed by atoms with Gasteiger partial charge in [-0.15, -0.1) is 0 Å². The second kappa shape index (κ2) is 9.23. The number of rotatable bonds is 6. The van der Waals surface area contributed by atoms with Crippen LogP contribution in [0.2, 0.25) is 5.02 Å². The van der Waals surface area contributed by atoms with E-state index < -0.39 is 38.7 Å². The van der Waals surface area contributed by atoms with Crippen LogP contribution in [0, 0.1) is 0 Å². The van der Waals surface area contributed by atoms with Crippen molar-refractivity contribution in [2.75, 3.05) is 15.9 Å². The predicted octanol–water partition coefficient (Wildman–Crippen LogP) is 5.11. The molecule has 1 atom stereocenters. The SMILES string of the molecule is CC(C)n1c(=O)sc2cc(NC(=O)[C@@H](C)N(c3ccc(Cl)c(C(F)(F)F)c3)S(C)(=O)=O)ccc21. The van der Waals surface area contributed by atoms with Crippen LogP contribution in [0.15, 0.2) is 41.2 Å². The number of aromatic nitrogens is 1. The smallest absolute Gasteiger partial charge is 0.324 e. The van der Waals surface area contributed by atoms with Gasteiger partial charge in [0.2, 0.25) is 15.9 Å². The first kappa shape index (κ1) is 26.0. The molecule has 1 N–H and O–H groups in total. The van der Waals surface area contributed by atoms with Crippen molar-refractivity contribution < 1.29 is 26.4 Å². The van der Waals surface area contributed by atoms with E-state index in [9.17, 15) is 31.2 Å². The fraction of sp³-hybridized carbons (Fsp3) is 0.333. The number of thiazole rings is 1. The van der Waals surface area contributed by atoms with E-state index in [0.717, 1.165) is 29.7 Å². The normalized spacial score (nSPS) is 13.3. The number of halogens is 4. The lowest BCUT2D eigenvalue weighted by Crippen LogP contribution is -2.45. The summed E-state index contributed by atoms with van der Waals surface area (Å²) in [5.41, 5.74) is -0.579. The number of benzene rings is 2. The van der Waals surface area contributed by atoms with Crippen LogP contribution in [0.5, 0.6) is 0 Å². The topological polar surface area (TPSA) is 88.5 Å². The van der Waals surface area contributed by atoms with Gasteiger partial charge in [-0.3, -0.25) is 18.5 Å². The zero-order valence-corrected chi connectivity index (χ0v) is 20.9. The molecule has 0 saturated heterocycles. The minimum Gasteiger partial charge on any atom is -0.324 e. The predicted molar refractivity (Wildman–Crippen MR) is 128 cm³/mol. The summed E-state index contributed by atoms with van der Waals surface area (Å²) in [5, 5.41) is 1.98. The van der Waals surface area contributed by atoms with Gasteiger partial charge in [-0.05, 0) is 57.2 Å². The molecular formula is C21H21ClF3N3O4S2. The lowest BCUT2D eigenvalue weighted by molar-refractivity contribution is -0.137. The Balaban J connectivity index is 1.95. The van der Waals surface area contributed by atoms with Crippen molar-refractivity contribution in [2.24, 2.45) is 0 Å². The molecule has 0 fully saturated rings. The monoisotopic (exact) mass is 535 g/mol. The lowest BCUT2D eigenvalue weighted by Gasteiger charge is -2.29. The molecular weight excluding hydrogens is 515 g/mol. The van der Waals surface area contributed by atoms with Crippen LogP contribution in [-0.4, -0.2) is 31.2 Å². The quantitative estimate of drug-likeness (QED) is 0.475. The Morgan fingerprint density at radius 1 is 1.15 bits per heavy atom. The number of fused-ring (bicyclic) bond motifs is 1. The summed E-state index contributed by atoms with van der Waals surface area (Å²) < 4.78 is 67.6. The third-order valence-electron chi connectivity index (χ3n) is 5.00. The van der Waals surface area contributed by atoms with Crippen molar-refractivity contribution in [1.82, 2.24) is 4.57 Å². The molecule has 0 saturated carbocycles. The number of hydrogen-bond donors (Lipinski definition) is 1. The maximum absolute atomic E-state index is 13.3. The zero-order valence-electron chi connectivity index (χ0n) is 18.5. The second-order valence-electron chi connectivity index (χ2n) is 7.90. The summed E-state index contributed by atoms with van der Waals surface area (Å²) >= 11 is 6.64. The van der Waals surface area contributed by atoms with Gasteiger partial charge in [0.1, 0.15) is 6.04 Å². The van der Waals surface area contributed by atoms with E-state index in [0.29, 0.717) is 26.3 Å². The minimum absolute atomic E-state index is 0.0639. The van der Waals surface area contributed by atoms with Crippen LogP contribution in [0.3, 0.4) is 0 Å². The van der Waals surface area contributed by atoms with E-state index in [1.165, 1.54) is 6.92 Å². The fourth-order valence-electron chi connectivity index (χ4n) is 3.53. The number of anilines is 2. The third kappa shape index (κ3) is 5.23. The molecule has 1 aromatic heterocycles. The molecule has 0 unspecified atom stereocenters. The van der Waals surface area contributed by atoms with Crippen LogP contribution in [-0.2, 0) is 21.0 Å². The highest BCUT2D eigenvalue weighted by Crippen LogP contribution is 2.38. The standard InChI is InChI=1S/C21H21ClF3N3O4S2/c1-11(2)27-17-8-5-13(9-18(17)33-20(27)30)26-19(29)12(3)28(34(4,31)32)14-6-7-16(22)15(10-14)21(23,24)25/h5-12H,1-4H3,(H,26,29)/t12-/m1/s1. The number of sulfonamides is 1. The first-order chi connectivity index (χ1) is 15.6. The van der Waals surface area contributed by atoms with E-state index in [2.05, 4.69) is 5.32 Å². The molecule has 34 heavy (non-hydrogen) atoms. The first-order valence-corrected chi connectivity index (χ1v) is 13.0. The molecule has 3 aromatic rings. The molecule has 0 spiro atoms. The Bertz CT molecular complexity index is 1410. The maximum Gasteiger partial charge on any atom is 0.417 e. The van der Waals surface area contributed by atoms with Gasteiger partial charge in [-0.1, -0.05) is 22.9 Å². The number of alkyl halides is 3. The van der Waals surface area contributed by atoms with Gasteiger partial charge in [-0.2, -0.15) is 13.2 Å². The molecule has 0 aliphatic heterocycles. The van der Waals surface area contributed by atoms with Gasteiger partial charge < -0.3 is 5.32 Å². The number of hydrogen-bond acceptors (Lipinski definition) is 5. The molecule has 1 heterocycles. The van der Waals surface area contributed by atoms with Gasteiger partial charge in [-0.25, -0.2) is 8.42 Å². The molecule has 2 aromatic carbocycles. The molecule has 0 aliphatic carbocycles. The average Bonchev–Trinajstić information content (AvgIpc) is 3.02. The lowest BCUT2D eigenvalue weighted by atomic mass is 10.1. The van der Waals surface area contributed by atoms with E-state index in [1.54, 1.807) is 22.8 Å². The van der Waals surface area contributed by atoms with Crippen molar-refractivity contribution in [3.63, 3.8) is 0 Å². The summed E-state index contributed by atoms with van der Waals surface area (Å²) in [6.45, 7) is 4.99. The van der Waals surface area contributed by atoms with Crippen molar-refractivity contribution in [1.29, 1.82) is 0 Å². The number of nitrogens with zero attached hydrogens (tertiary/aromatic N) is 2.